The van der Waals surface area contributed by atoms with E-state index in [1.165, 1.54) is 12.0 Å². The summed E-state index contributed by atoms with van der Waals surface area (Å²) in [7, 11) is 2.01. The molecule has 3 unspecified atom stereocenters. The quantitative estimate of drug-likeness (QED) is 0.818. The molecule has 1 heterocycles. The predicted molar refractivity (Wildman–Crippen MR) is 61.8 cm³/mol. The number of nitrogens with one attached hydrogen (secondary N) is 1. The highest BCUT2D eigenvalue weighted by Crippen LogP contribution is 2.30. The minimum atomic E-state index is 0.317. The Morgan fingerprint density at radius 3 is 2.60 bits per heavy atom. The van der Waals surface area contributed by atoms with Gasteiger partial charge in [-0.25, -0.2) is 0 Å². The van der Waals surface area contributed by atoms with Crippen molar-refractivity contribution in [3.05, 3.63) is 35.9 Å². The second kappa shape index (κ2) is 4.77. The first kappa shape index (κ1) is 10.7. The van der Waals surface area contributed by atoms with E-state index < -0.39 is 0 Å². The molecule has 1 aliphatic rings. The molecule has 1 N–H and O–H groups in total. The van der Waals surface area contributed by atoms with Gasteiger partial charge in [-0.05, 0) is 24.9 Å². The maximum absolute atomic E-state index is 5.81. The summed E-state index contributed by atoms with van der Waals surface area (Å²) >= 11 is 0. The average molecular weight is 205 g/mol. The molecule has 1 aliphatic heterocycles. The minimum Gasteiger partial charge on any atom is -0.376 e. The monoisotopic (exact) mass is 205 g/mol. The van der Waals surface area contributed by atoms with Crippen LogP contribution >= 0.6 is 0 Å². The SMILES string of the molecule is CNC(c1ccccc1)C1OCCC1C. The van der Waals surface area contributed by atoms with E-state index in [9.17, 15) is 0 Å². The first-order valence-electron chi connectivity index (χ1n) is 5.66. The van der Waals surface area contributed by atoms with Crippen LogP contribution in [-0.4, -0.2) is 19.8 Å². The van der Waals surface area contributed by atoms with Gasteiger partial charge in [0.2, 0.25) is 0 Å². The molecule has 2 rings (SSSR count). The molecule has 0 amide bonds. The molecule has 0 radical (unpaired) electrons. The Kier molecular flexibility index (Phi) is 3.39. The third-order valence-corrected chi connectivity index (χ3v) is 3.24. The smallest absolute Gasteiger partial charge is 0.0795 e. The van der Waals surface area contributed by atoms with E-state index >= 15 is 0 Å². The van der Waals surface area contributed by atoms with E-state index in [0.29, 0.717) is 18.1 Å². The van der Waals surface area contributed by atoms with Gasteiger partial charge in [-0.15, -0.1) is 0 Å². The molecule has 0 spiro atoms. The van der Waals surface area contributed by atoms with Crippen LogP contribution in [0.3, 0.4) is 0 Å². The molecule has 0 bridgehead atoms. The van der Waals surface area contributed by atoms with Crippen LogP contribution in [0.4, 0.5) is 0 Å². The number of hydrogen-bond donors (Lipinski definition) is 1. The lowest BCUT2D eigenvalue weighted by Gasteiger charge is -2.26. The lowest BCUT2D eigenvalue weighted by Crippen LogP contribution is -2.32. The summed E-state index contributed by atoms with van der Waals surface area (Å²) < 4.78 is 5.81. The predicted octanol–water partition coefficient (Wildman–Crippen LogP) is 2.37. The fourth-order valence-corrected chi connectivity index (χ4v) is 2.32. The van der Waals surface area contributed by atoms with Crippen LogP contribution < -0.4 is 5.32 Å². The van der Waals surface area contributed by atoms with Gasteiger partial charge in [-0.3, -0.25) is 0 Å². The first-order valence-corrected chi connectivity index (χ1v) is 5.66. The molecule has 2 nitrogen and oxygen atoms in total. The molecule has 1 aromatic rings. The van der Waals surface area contributed by atoms with Crippen molar-refractivity contribution < 1.29 is 4.74 Å². The van der Waals surface area contributed by atoms with Crippen molar-refractivity contribution in [1.82, 2.24) is 5.32 Å². The highest BCUT2D eigenvalue weighted by Gasteiger charge is 2.31. The summed E-state index contributed by atoms with van der Waals surface area (Å²) in [6, 6.07) is 10.9. The van der Waals surface area contributed by atoms with Gasteiger partial charge in [0, 0.05) is 6.61 Å². The zero-order valence-corrected chi connectivity index (χ0v) is 9.44. The van der Waals surface area contributed by atoms with Gasteiger partial charge in [-0.2, -0.15) is 0 Å². The van der Waals surface area contributed by atoms with E-state index in [1.54, 1.807) is 0 Å². The van der Waals surface area contributed by atoms with Gasteiger partial charge >= 0.3 is 0 Å². The van der Waals surface area contributed by atoms with Crippen LogP contribution in [0.5, 0.6) is 0 Å². The van der Waals surface area contributed by atoms with Crippen molar-refractivity contribution >= 4 is 0 Å². The molecular formula is C13H19NO. The van der Waals surface area contributed by atoms with Gasteiger partial charge in [0.25, 0.3) is 0 Å². The van der Waals surface area contributed by atoms with Crippen LogP contribution in [0.2, 0.25) is 0 Å². The highest BCUT2D eigenvalue weighted by atomic mass is 16.5. The van der Waals surface area contributed by atoms with E-state index in [-0.39, 0.29) is 0 Å². The van der Waals surface area contributed by atoms with E-state index in [2.05, 4.69) is 42.6 Å². The van der Waals surface area contributed by atoms with Crippen LogP contribution in [0, 0.1) is 5.92 Å². The normalized spacial score (nSPS) is 27.9. The fraction of sp³-hybridized carbons (Fsp3) is 0.538. The first-order chi connectivity index (χ1) is 7.33. The molecule has 2 heteroatoms. The number of ether oxygens (including phenoxy) is 1. The number of likely N-dealkylation sites (N-methyl/N-ethyl adjacent to an activating group) is 1. The molecule has 1 aromatic carbocycles. The molecule has 15 heavy (non-hydrogen) atoms. The summed E-state index contributed by atoms with van der Waals surface area (Å²) in [5.74, 6) is 0.641. The van der Waals surface area contributed by atoms with E-state index in [0.717, 1.165) is 6.61 Å². The van der Waals surface area contributed by atoms with Crippen LogP contribution in [0.15, 0.2) is 30.3 Å². The molecule has 0 aliphatic carbocycles. The molecular weight excluding hydrogens is 186 g/mol. The molecule has 0 aromatic heterocycles. The summed E-state index contributed by atoms with van der Waals surface area (Å²) in [6.45, 7) is 3.17. The third-order valence-electron chi connectivity index (χ3n) is 3.24. The lowest BCUT2D eigenvalue weighted by atomic mass is 9.93. The van der Waals surface area contributed by atoms with Crippen molar-refractivity contribution in [1.29, 1.82) is 0 Å². The Morgan fingerprint density at radius 2 is 2.07 bits per heavy atom. The lowest BCUT2D eigenvalue weighted by molar-refractivity contribution is 0.0631. The largest absolute Gasteiger partial charge is 0.376 e. The maximum Gasteiger partial charge on any atom is 0.0795 e. The Morgan fingerprint density at radius 1 is 1.33 bits per heavy atom. The average Bonchev–Trinajstić information content (AvgIpc) is 2.68. The Hall–Kier alpha value is -0.860. The van der Waals surface area contributed by atoms with Crippen LogP contribution in [-0.2, 0) is 4.74 Å². The second-order valence-corrected chi connectivity index (χ2v) is 4.28. The standard InChI is InChI=1S/C13H19NO/c1-10-8-9-15-13(10)12(14-2)11-6-4-3-5-7-11/h3-7,10,12-14H,8-9H2,1-2H3. The minimum absolute atomic E-state index is 0.317. The topological polar surface area (TPSA) is 21.3 Å². The van der Waals surface area contributed by atoms with E-state index in [1.807, 2.05) is 7.05 Å². The fourth-order valence-electron chi connectivity index (χ4n) is 2.32. The molecule has 1 saturated heterocycles. The maximum atomic E-state index is 5.81. The molecule has 82 valence electrons. The highest BCUT2D eigenvalue weighted by molar-refractivity contribution is 5.20. The molecule has 0 saturated carbocycles. The van der Waals surface area contributed by atoms with Crippen LogP contribution in [0.25, 0.3) is 0 Å². The molecule has 3 atom stereocenters. The van der Waals surface area contributed by atoms with Crippen molar-refractivity contribution in [3.63, 3.8) is 0 Å². The number of rotatable bonds is 3. The second-order valence-electron chi connectivity index (χ2n) is 4.28. The van der Waals surface area contributed by atoms with Gasteiger partial charge in [-0.1, -0.05) is 37.3 Å². The summed E-state index contributed by atoms with van der Waals surface area (Å²) in [6.07, 6.45) is 1.49. The van der Waals surface area contributed by atoms with Crippen molar-refractivity contribution in [2.45, 2.75) is 25.5 Å². The van der Waals surface area contributed by atoms with Crippen LogP contribution in [0.1, 0.15) is 24.9 Å². The Balaban J connectivity index is 2.17. The number of benzene rings is 1. The van der Waals surface area contributed by atoms with Crippen molar-refractivity contribution in [3.8, 4) is 0 Å². The van der Waals surface area contributed by atoms with Gasteiger partial charge in [0.05, 0.1) is 12.1 Å². The molecule has 1 fully saturated rings. The van der Waals surface area contributed by atoms with Gasteiger partial charge in [0.15, 0.2) is 0 Å². The van der Waals surface area contributed by atoms with Gasteiger partial charge < -0.3 is 10.1 Å². The van der Waals surface area contributed by atoms with Crippen molar-refractivity contribution in [2.24, 2.45) is 5.92 Å². The zero-order valence-electron chi connectivity index (χ0n) is 9.44. The summed E-state index contributed by atoms with van der Waals surface area (Å²) in [5.41, 5.74) is 1.32. The van der Waals surface area contributed by atoms with Crippen molar-refractivity contribution in [2.75, 3.05) is 13.7 Å². The summed E-state index contributed by atoms with van der Waals surface area (Å²) in [5, 5.41) is 3.37. The zero-order chi connectivity index (χ0) is 10.7. The van der Waals surface area contributed by atoms with Gasteiger partial charge in [0.1, 0.15) is 0 Å². The van der Waals surface area contributed by atoms with E-state index in [4.69, 9.17) is 4.74 Å². The Bertz CT molecular complexity index is 299. The third kappa shape index (κ3) is 2.21. The Labute approximate surface area is 91.6 Å². The number of hydrogen-bond acceptors (Lipinski definition) is 2. The summed E-state index contributed by atoms with van der Waals surface area (Å²) in [4.78, 5) is 0.